The molecule has 0 saturated heterocycles. The van der Waals surface area contributed by atoms with Gasteiger partial charge < -0.3 is 9.64 Å². The lowest BCUT2D eigenvalue weighted by atomic mass is 10.1. The molecule has 0 fully saturated rings. The molecule has 0 aliphatic rings. The zero-order chi connectivity index (χ0) is 11.4. The summed E-state index contributed by atoms with van der Waals surface area (Å²) in [5, 5.41) is 0. The molecule has 0 saturated carbocycles. The Morgan fingerprint density at radius 3 is 2.60 bits per heavy atom. The van der Waals surface area contributed by atoms with Gasteiger partial charge in [0.1, 0.15) is 5.82 Å². The Bertz CT molecular complexity index is 364. The molecule has 0 aromatic heterocycles. The molecule has 0 radical (unpaired) electrons. The van der Waals surface area contributed by atoms with E-state index in [9.17, 15) is 9.18 Å². The highest BCUT2D eigenvalue weighted by Crippen LogP contribution is 2.12. The second kappa shape index (κ2) is 4.89. The summed E-state index contributed by atoms with van der Waals surface area (Å²) in [6, 6.07) is 4.52. The van der Waals surface area contributed by atoms with E-state index >= 15 is 0 Å². The van der Waals surface area contributed by atoms with Crippen LogP contribution < -0.4 is 0 Å². The topological polar surface area (TPSA) is 29.5 Å². The van der Waals surface area contributed by atoms with E-state index in [1.54, 1.807) is 6.07 Å². The molecule has 3 nitrogen and oxygen atoms in total. The van der Waals surface area contributed by atoms with Crippen molar-refractivity contribution in [2.24, 2.45) is 0 Å². The van der Waals surface area contributed by atoms with Crippen molar-refractivity contribution >= 4 is 5.97 Å². The van der Waals surface area contributed by atoms with Gasteiger partial charge in [-0.25, -0.2) is 9.18 Å². The normalized spacial score (nSPS) is 10.5. The lowest BCUT2D eigenvalue weighted by Crippen LogP contribution is -2.12. The van der Waals surface area contributed by atoms with Gasteiger partial charge in [-0.1, -0.05) is 6.07 Å². The van der Waals surface area contributed by atoms with Gasteiger partial charge in [0.25, 0.3) is 0 Å². The lowest BCUT2D eigenvalue weighted by Gasteiger charge is -2.10. The summed E-state index contributed by atoms with van der Waals surface area (Å²) in [6.07, 6.45) is 0. The molecule has 0 aliphatic heterocycles. The first kappa shape index (κ1) is 11.7. The maximum Gasteiger partial charge on any atom is 0.340 e. The summed E-state index contributed by atoms with van der Waals surface area (Å²) in [7, 11) is 5.02. The molecule has 15 heavy (non-hydrogen) atoms. The van der Waals surface area contributed by atoms with Crippen LogP contribution in [0.25, 0.3) is 0 Å². The third-order valence-corrected chi connectivity index (χ3v) is 1.94. The number of hydrogen-bond acceptors (Lipinski definition) is 3. The second-order valence-electron chi connectivity index (χ2n) is 3.54. The highest BCUT2D eigenvalue weighted by atomic mass is 19.1. The minimum Gasteiger partial charge on any atom is -0.465 e. The number of rotatable bonds is 3. The largest absolute Gasteiger partial charge is 0.465 e. The highest BCUT2D eigenvalue weighted by Gasteiger charge is 2.12. The Balaban J connectivity index is 2.93. The molecule has 1 aromatic rings. The molecule has 0 heterocycles. The smallest absolute Gasteiger partial charge is 0.340 e. The van der Waals surface area contributed by atoms with Gasteiger partial charge in [-0.15, -0.1) is 0 Å². The summed E-state index contributed by atoms with van der Waals surface area (Å²) in [5.41, 5.74) is 0.796. The number of halogens is 1. The molecule has 1 rings (SSSR count). The molecule has 0 unspecified atom stereocenters. The number of esters is 1. The van der Waals surface area contributed by atoms with E-state index in [0.717, 1.165) is 5.56 Å². The lowest BCUT2D eigenvalue weighted by molar-refractivity contribution is 0.0595. The zero-order valence-corrected chi connectivity index (χ0v) is 9.08. The fourth-order valence-corrected chi connectivity index (χ4v) is 1.30. The minimum atomic E-state index is -0.649. The van der Waals surface area contributed by atoms with Crippen LogP contribution in [0.1, 0.15) is 15.9 Å². The second-order valence-corrected chi connectivity index (χ2v) is 3.54. The molecule has 4 heteroatoms. The Labute approximate surface area is 88.5 Å². The van der Waals surface area contributed by atoms with Crippen LogP contribution in [0.3, 0.4) is 0 Å². The van der Waals surface area contributed by atoms with Crippen molar-refractivity contribution < 1.29 is 13.9 Å². The summed E-state index contributed by atoms with van der Waals surface area (Å²) in [4.78, 5) is 13.0. The Hall–Kier alpha value is -1.42. The number of benzene rings is 1. The molecule has 0 atom stereocenters. The van der Waals surface area contributed by atoms with Gasteiger partial charge in [0.15, 0.2) is 0 Å². The van der Waals surface area contributed by atoms with Gasteiger partial charge in [0.05, 0.1) is 12.7 Å². The summed E-state index contributed by atoms with van der Waals surface area (Å²) < 4.78 is 17.9. The monoisotopic (exact) mass is 211 g/mol. The van der Waals surface area contributed by atoms with Gasteiger partial charge in [-0.2, -0.15) is 0 Å². The van der Waals surface area contributed by atoms with E-state index in [4.69, 9.17) is 0 Å². The zero-order valence-electron chi connectivity index (χ0n) is 9.08. The van der Waals surface area contributed by atoms with E-state index in [2.05, 4.69) is 4.74 Å². The van der Waals surface area contributed by atoms with Crippen molar-refractivity contribution in [3.05, 3.63) is 35.1 Å². The van der Waals surface area contributed by atoms with Crippen molar-refractivity contribution in [3.8, 4) is 0 Å². The molecule has 1 aromatic carbocycles. The van der Waals surface area contributed by atoms with Gasteiger partial charge in [-0.05, 0) is 31.8 Å². The molecule has 0 amide bonds. The summed E-state index contributed by atoms with van der Waals surface area (Å²) >= 11 is 0. The maximum atomic E-state index is 13.4. The number of carbonyl (C=O) groups excluding carboxylic acids is 1. The first-order chi connectivity index (χ1) is 7.04. The Kier molecular flexibility index (Phi) is 3.80. The van der Waals surface area contributed by atoms with E-state index < -0.39 is 11.8 Å². The van der Waals surface area contributed by atoms with Crippen LogP contribution >= 0.6 is 0 Å². The third-order valence-electron chi connectivity index (χ3n) is 1.94. The number of ether oxygens (including phenoxy) is 1. The average Bonchev–Trinajstić information content (AvgIpc) is 2.16. The first-order valence-electron chi connectivity index (χ1n) is 4.56. The number of carbonyl (C=O) groups is 1. The van der Waals surface area contributed by atoms with Crippen molar-refractivity contribution in [2.45, 2.75) is 6.54 Å². The molecule has 82 valence electrons. The molecule has 0 spiro atoms. The summed E-state index contributed by atoms with van der Waals surface area (Å²) in [5.74, 6) is -1.19. The maximum absolute atomic E-state index is 13.4. The standard InChI is InChI=1S/C11H14FNO2/c1-13(2)7-8-4-5-9(10(12)6-8)11(14)15-3/h4-6H,7H2,1-3H3. The van der Waals surface area contributed by atoms with Crippen LogP contribution in [0.2, 0.25) is 0 Å². The van der Waals surface area contributed by atoms with Gasteiger partial charge in [0, 0.05) is 6.54 Å². The van der Waals surface area contributed by atoms with Crippen LogP contribution in [0, 0.1) is 5.82 Å². The minimum absolute atomic E-state index is 0.0278. The van der Waals surface area contributed by atoms with E-state index in [1.807, 2.05) is 19.0 Å². The van der Waals surface area contributed by atoms with Crippen LogP contribution in [-0.4, -0.2) is 32.1 Å². The molecule has 0 bridgehead atoms. The molecule has 0 aliphatic carbocycles. The predicted molar refractivity (Wildman–Crippen MR) is 55.1 cm³/mol. The third kappa shape index (κ3) is 3.02. The van der Waals surface area contributed by atoms with E-state index in [-0.39, 0.29) is 5.56 Å². The van der Waals surface area contributed by atoms with Crippen molar-refractivity contribution in [1.82, 2.24) is 4.90 Å². The van der Waals surface area contributed by atoms with Gasteiger partial charge >= 0.3 is 5.97 Å². The van der Waals surface area contributed by atoms with Crippen molar-refractivity contribution in [2.75, 3.05) is 21.2 Å². The van der Waals surface area contributed by atoms with Gasteiger partial charge in [-0.3, -0.25) is 0 Å². The Morgan fingerprint density at radius 2 is 2.13 bits per heavy atom. The predicted octanol–water partition coefficient (Wildman–Crippen LogP) is 1.67. The van der Waals surface area contributed by atoms with Crippen LogP contribution in [0.4, 0.5) is 4.39 Å². The van der Waals surface area contributed by atoms with Gasteiger partial charge in [0.2, 0.25) is 0 Å². The van der Waals surface area contributed by atoms with Crippen LogP contribution in [0.15, 0.2) is 18.2 Å². The first-order valence-corrected chi connectivity index (χ1v) is 4.56. The molecular formula is C11H14FNO2. The quantitative estimate of drug-likeness (QED) is 0.712. The Morgan fingerprint density at radius 1 is 1.47 bits per heavy atom. The average molecular weight is 211 g/mol. The van der Waals surface area contributed by atoms with Crippen molar-refractivity contribution in [1.29, 1.82) is 0 Å². The fraction of sp³-hybridized carbons (Fsp3) is 0.364. The van der Waals surface area contributed by atoms with Crippen LogP contribution in [-0.2, 0) is 11.3 Å². The fourth-order valence-electron chi connectivity index (χ4n) is 1.30. The number of hydrogen-bond donors (Lipinski definition) is 0. The molecule has 0 N–H and O–H groups in total. The van der Waals surface area contributed by atoms with Crippen LogP contribution in [0.5, 0.6) is 0 Å². The van der Waals surface area contributed by atoms with E-state index in [1.165, 1.54) is 19.2 Å². The van der Waals surface area contributed by atoms with E-state index in [0.29, 0.717) is 6.54 Å². The SMILES string of the molecule is COC(=O)c1ccc(CN(C)C)cc1F. The number of methoxy groups -OCH3 is 1. The summed E-state index contributed by atoms with van der Waals surface area (Å²) in [6.45, 7) is 0.637. The number of nitrogens with zero attached hydrogens (tertiary/aromatic N) is 1. The van der Waals surface area contributed by atoms with Crippen molar-refractivity contribution in [3.63, 3.8) is 0 Å². The highest BCUT2D eigenvalue weighted by molar-refractivity contribution is 5.89. The molecular weight excluding hydrogens is 197 g/mol.